The number of nitrogens with one attached hydrogen (secondary N) is 2. The lowest BCUT2D eigenvalue weighted by Crippen LogP contribution is -2.43. The van der Waals surface area contributed by atoms with Crippen molar-refractivity contribution in [2.75, 3.05) is 6.54 Å². The number of rotatable bonds is 5. The Balaban J connectivity index is 2.36. The van der Waals surface area contributed by atoms with Crippen molar-refractivity contribution in [3.8, 4) is 0 Å². The SMILES string of the molecule is CC(C)OC(=O)NS(=O)(=O)NCC1CCCC(Cl)C1. The predicted octanol–water partition coefficient (Wildman–Crippen LogP) is 1.75. The van der Waals surface area contributed by atoms with Crippen molar-refractivity contribution in [3.05, 3.63) is 0 Å². The molecule has 1 aliphatic carbocycles. The van der Waals surface area contributed by atoms with Crippen LogP contribution in [0.3, 0.4) is 0 Å². The van der Waals surface area contributed by atoms with Gasteiger partial charge in [0.1, 0.15) is 0 Å². The van der Waals surface area contributed by atoms with E-state index in [0.29, 0.717) is 0 Å². The fourth-order valence-corrected chi connectivity index (χ4v) is 3.22. The molecule has 0 spiro atoms. The van der Waals surface area contributed by atoms with Gasteiger partial charge in [-0.2, -0.15) is 13.1 Å². The zero-order chi connectivity index (χ0) is 14.5. The Morgan fingerprint density at radius 3 is 2.68 bits per heavy atom. The van der Waals surface area contributed by atoms with Gasteiger partial charge < -0.3 is 4.74 Å². The molecule has 0 aromatic heterocycles. The lowest BCUT2D eigenvalue weighted by atomic mass is 9.89. The van der Waals surface area contributed by atoms with Crippen LogP contribution in [0.5, 0.6) is 0 Å². The van der Waals surface area contributed by atoms with Crippen LogP contribution in [0.4, 0.5) is 4.79 Å². The van der Waals surface area contributed by atoms with Crippen LogP contribution in [-0.2, 0) is 14.9 Å². The maximum atomic E-state index is 11.6. The number of ether oxygens (including phenoxy) is 1. The van der Waals surface area contributed by atoms with E-state index >= 15 is 0 Å². The Bertz CT molecular complexity index is 399. The summed E-state index contributed by atoms with van der Waals surface area (Å²) in [6, 6.07) is 0. The van der Waals surface area contributed by atoms with Crippen molar-refractivity contribution < 1.29 is 17.9 Å². The molecule has 0 heterocycles. The van der Waals surface area contributed by atoms with Gasteiger partial charge in [0.2, 0.25) is 0 Å². The second-order valence-corrected chi connectivity index (χ2v) is 7.15. The minimum Gasteiger partial charge on any atom is -0.446 e. The van der Waals surface area contributed by atoms with E-state index < -0.39 is 16.3 Å². The van der Waals surface area contributed by atoms with Crippen molar-refractivity contribution in [3.63, 3.8) is 0 Å². The van der Waals surface area contributed by atoms with Crippen molar-refractivity contribution in [2.45, 2.75) is 51.0 Å². The first-order valence-corrected chi connectivity index (χ1v) is 8.32. The number of halogens is 1. The molecule has 2 unspecified atom stereocenters. The van der Waals surface area contributed by atoms with Gasteiger partial charge in [-0.25, -0.2) is 9.52 Å². The van der Waals surface area contributed by atoms with Crippen LogP contribution >= 0.6 is 11.6 Å². The molecule has 0 bridgehead atoms. The Kier molecular flexibility index (Phi) is 6.35. The molecule has 1 amide bonds. The summed E-state index contributed by atoms with van der Waals surface area (Å²) < 4.78 is 32.0. The number of hydrogen-bond donors (Lipinski definition) is 2. The normalized spacial score (nSPS) is 24.2. The molecule has 112 valence electrons. The molecule has 8 heteroatoms. The molecule has 1 fully saturated rings. The highest BCUT2D eigenvalue weighted by molar-refractivity contribution is 7.88. The quantitative estimate of drug-likeness (QED) is 0.757. The zero-order valence-electron chi connectivity index (χ0n) is 11.2. The Labute approximate surface area is 119 Å². The molecule has 1 saturated carbocycles. The molecule has 19 heavy (non-hydrogen) atoms. The summed E-state index contributed by atoms with van der Waals surface area (Å²) in [6.45, 7) is 3.57. The van der Waals surface area contributed by atoms with E-state index in [-0.39, 0.29) is 23.9 Å². The van der Waals surface area contributed by atoms with Crippen LogP contribution in [0, 0.1) is 5.92 Å². The smallest absolute Gasteiger partial charge is 0.422 e. The summed E-state index contributed by atoms with van der Waals surface area (Å²) in [5.74, 6) is 0.217. The summed E-state index contributed by atoms with van der Waals surface area (Å²) in [5.41, 5.74) is 0. The third-order valence-electron chi connectivity index (χ3n) is 2.84. The van der Waals surface area contributed by atoms with E-state index in [4.69, 9.17) is 16.3 Å². The molecule has 0 aromatic carbocycles. The largest absolute Gasteiger partial charge is 0.446 e. The minimum absolute atomic E-state index is 0.113. The van der Waals surface area contributed by atoms with E-state index in [1.165, 1.54) is 0 Å². The van der Waals surface area contributed by atoms with E-state index in [9.17, 15) is 13.2 Å². The van der Waals surface area contributed by atoms with E-state index in [0.717, 1.165) is 25.7 Å². The fourth-order valence-electron chi connectivity index (χ4n) is 2.02. The lowest BCUT2D eigenvalue weighted by molar-refractivity contribution is 0.121. The average Bonchev–Trinajstić information content (AvgIpc) is 2.24. The van der Waals surface area contributed by atoms with Crippen molar-refractivity contribution >= 4 is 27.9 Å². The number of alkyl halides is 1. The highest BCUT2D eigenvalue weighted by Crippen LogP contribution is 2.27. The lowest BCUT2D eigenvalue weighted by Gasteiger charge is -2.25. The van der Waals surface area contributed by atoms with Crippen LogP contribution in [0.15, 0.2) is 0 Å². The molecule has 6 nitrogen and oxygen atoms in total. The minimum atomic E-state index is -3.86. The molecular formula is C11H21ClN2O4S. The second kappa shape index (κ2) is 7.31. The van der Waals surface area contributed by atoms with Crippen LogP contribution in [0.25, 0.3) is 0 Å². The van der Waals surface area contributed by atoms with Gasteiger partial charge in [-0.3, -0.25) is 0 Å². The number of hydrogen-bond acceptors (Lipinski definition) is 4. The molecule has 2 N–H and O–H groups in total. The van der Waals surface area contributed by atoms with Crippen molar-refractivity contribution in [1.29, 1.82) is 0 Å². The van der Waals surface area contributed by atoms with E-state index in [1.54, 1.807) is 18.6 Å². The molecule has 0 aliphatic heterocycles. The Morgan fingerprint density at radius 1 is 1.42 bits per heavy atom. The highest BCUT2D eigenvalue weighted by atomic mass is 35.5. The number of amides is 1. The summed E-state index contributed by atoms with van der Waals surface area (Å²) in [5, 5.41) is 0.113. The predicted molar refractivity (Wildman–Crippen MR) is 73.3 cm³/mol. The topological polar surface area (TPSA) is 84.5 Å². The van der Waals surface area contributed by atoms with Gasteiger partial charge in [0.05, 0.1) is 6.10 Å². The third-order valence-corrected chi connectivity index (χ3v) is 4.22. The standard InChI is InChI=1S/C11H21ClN2O4S/c1-8(2)18-11(15)14-19(16,17)13-7-9-4-3-5-10(12)6-9/h8-10,13H,3-7H2,1-2H3,(H,14,15). The molecule has 1 rings (SSSR count). The maximum Gasteiger partial charge on any atom is 0.422 e. The number of carbonyl (C=O) groups excluding carboxylic acids is 1. The summed E-state index contributed by atoms with van der Waals surface area (Å²) in [4.78, 5) is 11.2. The summed E-state index contributed by atoms with van der Waals surface area (Å²) >= 11 is 6.04. The maximum absolute atomic E-state index is 11.6. The zero-order valence-corrected chi connectivity index (χ0v) is 12.8. The van der Waals surface area contributed by atoms with E-state index in [2.05, 4.69) is 4.72 Å². The first-order chi connectivity index (χ1) is 8.78. The van der Waals surface area contributed by atoms with Gasteiger partial charge in [-0.15, -0.1) is 11.6 Å². The first-order valence-electron chi connectivity index (χ1n) is 6.40. The third kappa shape index (κ3) is 6.98. The molecule has 2 atom stereocenters. The highest BCUT2D eigenvalue weighted by Gasteiger charge is 2.23. The molecular weight excluding hydrogens is 292 g/mol. The monoisotopic (exact) mass is 312 g/mol. The Morgan fingerprint density at radius 2 is 2.11 bits per heavy atom. The summed E-state index contributed by atoms with van der Waals surface area (Å²) in [6.07, 6.45) is 2.38. The van der Waals surface area contributed by atoms with Gasteiger partial charge in [-0.05, 0) is 39.0 Å². The van der Waals surface area contributed by atoms with Crippen LogP contribution in [-0.4, -0.2) is 32.5 Å². The van der Waals surface area contributed by atoms with Gasteiger partial charge in [0.15, 0.2) is 0 Å². The average molecular weight is 313 g/mol. The van der Waals surface area contributed by atoms with Crippen LogP contribution in [0.2, 0.25) is 0 Å². The van der Waals surface area contributed by atoms with Gasteiger partial charge in [0, 0.05) is 11.9 Å². The summed E-state index contributed by atoms with van der Waals surface area (Å²) in [7, 11) is -3.86. The molecule has 1 aliphatic rings. The first kappa shape index (κ1) is 16.5. The van der Waals surface area contributed by atoms with Gasteiger partial charge in [0.25, 0.3) is 0 Å². The molecule has 0 radical (unpaired) electrons. The van der Waals surface area contributed by atoms with Crippen molar-refractivity contribution in [2.24, 2.45) is 5.92 Å². The van der Waals surface area contributed by atoms with Gasteiger partial charge >= 0.3 is 16.3 Å². The van der Waals surface area contributed by atoms with Crippen LogP contribution in [0.1, 0.15) is 39.5 Å². The Hall–Kier alpha value is -0.530. The van der Waals surface area contributed by atoms with Gasteiger partial charge in [-0.1, -0.05) is 6.42 Å². The second-order valence-electron chi connectivity index (χ2n) is 5.04. The van der Waals surface area contributed by atoms with E-state index in [1.807, 2.05) is 0 Å². The fraction of sp³-hybridized carbons (Fsp3) is 0.909. The number of carbonyl (C=O) groups is 1. The molecule has 0 aromatic rings. The molecule has 0 saturated heterocycles. The van der Waals surface area contributed by atoms with Crippen molar-refractivity contribution in [1.82, 2.24) is 9.44 Å². The van der Waals surface area contributed by atoms with Crippen LogP contribution < -0.4 is 9.44 Å².